The minimum atomic E-state index is -0.302. The van der Waals surface area contributed by atoms with Crippen molar-refractivity contribution < 1.29 is 4.39 Å². The van der Waals surface area contributed by atoms with Crippen LogP contribution in [0.25, 0.3) is 0 Å². The Labute approximate surface area is 111 Å². The van der Waals surface area contributed by atoms with Crippen molar-refractivity contribution in [1.82, 2.24) is 0 Å². The van der Waals surface area contributed by atoms with Gasteiger partial charge in [-0.3, -0.25) is 0 Å². The molecule has 1 heterocycles. The number of halogens is 1. The number of nitrogens with two attached hydrogens (primary N) is 1. The van der Waals surface area contributed by atoms with Crippen LogP contribution in [0.15, 0.2) is 30.3 Å². The number of thiophene rings is 1. The summed E-state index contributed by atoms with van der Waals surface area (Å²) in [6, 6.07) is 9.13. The van der Waals surface area contributed by atoms with Gasteiger partial charge in [-0.1, -0.05) is 0 Å². The first-order chi connectivity index (χ1) is 8.54. The maximum atomic E-state index is 13.6. The third kappa shape index (κ3) is 3.23. The molecule has 1 atom stereocenters. The monoisotopic (exact) mass is 264 g/mol. The highest BCUT2D eigenvalue weighted by atomic mass is 32.1. The molecule has 2 aromatic rings. The number of benzene rings is 1. The van der Waals surface area contributed by atoms with Gasteiger partial charge in [0, 0.05) is 27.9 Å². The lowest BCUT2D eigenvalue weighted by Crippen LogP contribution is -2.18. The fourth-order valence-electron chi connectivity index (χ4n) is 1.86. The molecule has 0 aliphatic heterocycles. The predicted molar refractivity (Wildman–Crippen MR) is 76.7 cm³/mol. The number of nitrogens with one attached hydrogen (secondary N) is 1. The van der Waals surface area contributed by atoms with Crippen LogP contribution in [0.2, 0.25) is 0 Å². The second kappa shape index (κ2) is 5.40. The van der Waals surface area contributed by atoms with Gasteiger partial charge in [-0.05, 0) is 44.2 Å². The largest absolute Gasteiger partial charge is 0.399 e. The number of hydrogen-bond donors (Lipinski definition) is 2. The van der Waals surface area contributed by atoms with E-state index in [1.807, 2.05) is 6.92 Å². The third-order valence-corrected chi connectivity index (χ3v) is 3.72. The Morgan fingerprint density at radius 3 is 2.72 bits per heavy atom. The first kappa shape index (κ1) is 12.9. The maximum absolute atomic E-state index is 13.6. The molecule has 1 unspecified atom stereocenters. The minimum absolute atomic E-state index is 0.182. The standard InChI is InChI=1S/C14H17FN2S/c1-9(7-12-5-3-10(2)18-12)17-14-6-4-11(16)8-13(14)15/h3-6,8-9,17H,7,16H2,1-2H3. The molecule has 1 aromatic heterocycles. The highest BCUT2D eigenvalue weighted by molar-refractivity contribution is 7.11. The van der Waals surface area contributed by atoms with Gasteiger partial charge in [-0.25, -0.2) is 4.39 Å². The van der Waals surface area contributed by atoms with E-state index in [0.29, 0.717) is 11.4 Å². The fourth-order valence-corrected chi connectivity index (χ4v) is 2.88. The normalized spacial score (nSPS) is 12.4. The van der Waals surface area contributed by atoms with E-state index in [0.717, 1.165) is 6.42 Å². The lowest BCUT2D eigenvalue weighted by atomic mass is 10.2. The van der Waals surface area contributed by atoms with Gasteiger partial charge >= 0.3 is 0 Å². The highest BCUT2D eigenvalue weighted by Gasteiger charge is 2.08. The quantitative estimate of drug-likeness (QED) is 0.824. The Hall–Kier alpha value is -1.55. The van der Waals surface area contributed by atoms with Crippen LogP contribution in [0, 0.1) is 12.7 Å². The molecule has 18 heavy (non-hydrogen) atoms. The van der Waals surface area contributed by atoms with E-state index in [1.54, 1.807) is 23.5 Å². The molecule has 96 valence electrons. The smallest absolute Gasteiger partial charge is 0.148 e. The molecule has 0 spiro atoms. The molecule has 3 N–H and O–H groups in total. The van der Waals surface area contributed by atoms with Gasteiger partial charge in [-0.2, -0.15) is 0 Å². The second-order valence-electron chi connectivity index (χ2n) is 4.50. The van der Waals surface area contributed by atoms with Crippen molar-refractivity contribution in [3.05, 3.63) is 45.9 Å². The fraction of sp³-hybridized carbons (Fsp3) is 0.286. The van der Waals surface area contributed by atoms with E-state index in [9.17, 15) is 4.39 Å². The molecule has 0 bridgehead atoms. The van der Waals surface area contributed by atoms with E-state index in [4.69, 9.17) is 5.73 Å². The topological polar surface area (TPSA) is 38.0 Å². The lowest BCUT2D eigenvalue weighted by molar-refractivity contribution is 0.626. The van der Waals surface area contributed by atoms with Crippen LogP contribution in [0.4, 0.5) is 15.8 Å². The SMILES string of the molecule is Cc1ccc(CC(C)Nc2ccc(N)cc2F)s1. The van der Waals surface area contributed by atoms with Crippen LogP contribution >= 0.6 is 11.3 Å². The molecule has 2 rings (SSSR count). The Morgan fingerprint density at radius 1 is 1.33 bits per heavy atom. The Morgan fingerprint density at radius 2 is 2.11 bits per heavy atom. The molecule has 4 heteroatoms. The van der Waals surface area contributed by atoms with Crippen molar-refractivity contribution in [3.63, 3.8) is 0 Å². The molecule has 0 amide bonds. The van der Waals surface area contributed by atoms with E-state index in [-0.39, 0.29) is 11.9 Å². The van der Waals surface area contributed by atoms with Crippen molar-refractivity contribution in [3.8, 4) is 0 Å². The van der Waals surface area contributed by atoms with Crippen LogP contribution in [-0.2, 0) is 6.42 Å². The first-order valence-corrected chi connectivity index (χ1v) is 6.73. The van der Waals surface area contributed by atoms with Gasteiger partial charge in [-0.15, -0.1) is 11.3 Å². The summed E-state index contributed by atoms with van der Waals surface area (Å²) in [6.07, 6.45) is 0.891. The molecule has 1 aromatic carbocycles. The van der Waals surface area contributed by atoms with Crippen LogP contribution in [0.1, 0.15) is 16.7 Å². The lowest BCUT2D eigenvalue weighted by Gasteiger charge is -2.15. The Balaban J connectivity index is 2.00. The van der Waals surface area contributed by atoms with Gasteiger partial charge in [0.25, 0.3) is 0 Å². The summed E-state index contributed by atoms with van der Waals surface area (Å²) >= 11 is 1.78. The number of aryl methyl sites for hydroxylation is 1. The molecule has 0 saturated carbocycles. The minimum Gasteiger partial charge on any atom is -0.399 e. The van der Waals surface area contributed by atoms with Gasteiger partial charge in [0.2, 0.25) is 0 Å². The second-order valence-corrected chi connectivity index (χ2v) is 5.87. The molecular weight excluding hydrogens is 247 g/mol. The van der Waals surface area contributed by atoms with Crippen molar-refractivity contribution in [2.45, 2.75) is 26.3 Å². The van der Waals surface area contributed by atoms with Gasteiger partial charge in [0.15, 0.2) is 0 Å². The van der Waals surface area contributed by atoms with Crippen LogP contribution < -0.4 is 11.1 Å². The average molecular weight is 264 g/mol. The number of rotatable bonds is 4. The number of nitrogen functional groups attached to an aromatic ring is 1. The summed E-state index contributed by atoms with van der Waals surface area (Å²) in [5.74, 6) is -0.302. The van der Waals surface area contributed by atoms with Crippen LogP contribution in [0.5, 0.6) is 0 Å². The average Bonchev–Trinajstić information content (AvgIpc) is 2.68. The Bertz CT molecular complexity index is 536. The summed E-state index contributed by atoms with van der Waals surface area (Å²) in [4.78, 5) is 2.61. The highest BCUT2D eigenvalue weighted by Crippen LogP contribution is 2.21. The molecular formula is C14H17FN2S. The van der Waals surface area contributed by atoms with Crippen LogP contribution in [0.3, 0.4) is 0 Å². The third-order valence-electron chi connectivity index (χ3n) is 2.70. The summed E-state index contributed by atoms with van der Waals surface area (Å²) < 4.78 is 13.6. The summed E-state index contributed by atoms with van der Waals surface area (Å²) in [5.41, 5.74) is 6.47. The zero-order valence-corrected chi connectivity index (χ0v) is 11.4. The van der Waals surface area contributed by atoms with Crippen molar-refractivity contribution in [2.24, 2.45) is 0 Å². The summed E-state index contributed by atoms with van der Waals surface area (Å²) in [7, 11) is 0. The van der Waals surface area contributed by atoms with E-state index in [1.165, 1.54) is 15.8 Å². The molecule has 0 aliphatic carbocycles. The maximum Gasteiger partial charge on any atom is 0.148 e. The number of hydrogen-bond acceptors (Lipinski definition) is 3. The van der Waals surface area contributed by atoms with E-state index in [2.05, 4.69) is 24.4 Å². The van der Waals surface area contributed by atoms with Crippen molar-refractivity contribution in [2.75, 3.05) is 11.1 Å². The molecule has 0 radical (unpaired) electrons. The molecule has 0 aliphatic rings. The zero-order valence-electron chi connectivity index (χ0n) is 10.5. The first-order valence-electron chi connectivity index (χ1n) is 5.91. The summed E-state index contributed by atoms with van der Waals surface area (Å²) in [6.45, 7) is 4.14. The van der Waals surface area contributed by atoms with E-state index < -0.39 is 0 Å². The van der Waals surface area contributed by atoms with E-state index >= 15 is 0 Å². The van der Waals surface area contributed by atoms with Crippen LogP contribution in [-0.4, -0.2) is 6.04 Å². The van der Waals surface area contributed by atoms with Gasteiger partial charge in [0.05, 0.1) is 5.69 Å². The summed E-state index contributed by atoms with van der Waals surface area (Å²) in [5, 5.41) is 3.17. The molecule has 0 saturated heterocycles. The molecule has 2 nitrogen and oxygen atoms in total. The van der Waals surface area contributed by atoms with Crippen molar-refractivity contribution >= 4 is 22.7 Å². The predicted octanol–water partition coefficient (Wildman–Crippen LogP) is 3.82. The van der Waals surface area contributed by atoms with Crippen molar-refractivity contribution in [1.29, 1.82) is 0 Å². The number of anilines is 2. The Kier molecular flexibility index (Phi) is 3.87. The van der Waals surface area contributed by atoms with Gasteiger partial charge < -0.3 is 11.1 Å². The van der Waals surface area contributed by atoms with Gasteiger partial charge in [0.1, 0.15) is 5.82 Å². The zero-order chi connectivity index (χ0) is 13.1. The molecule has 0 fully saturated rings.